The van der Waals surface area contributed by atoms with Crippen LogP contribution in [-0.4, -0.2) is 17.6 Å². The summed E-state index contributed by atoms with van der Waals surface area (Å²) in [6.07, 6.45) is 1.18. The van der Waals surface area contributed by atoms with Crippen LogP contribution in [0.3, 0.4) is 0 Å². The molecule has 0 heterocycles. The average molecular weight is 255 g/mol. The Hall–Kier alpha value is -2.29. The van der Waals surface area contributed by atoms with Crippen molar-refractivity contribution in [3.63, 3.8) is 0 Å². The molecule has 19 heavy (non-hydrogen) atoms. The Labute approximate surface area is 112 Å². The minimum atomic E-state index is 0.0324. The first-order valence-corrected chi connectivity index (χ1v) is 6.32. The third kappa shape index (κ3) is 4.47. The molecule has 2 aromatic carbocycles. The number of phenolic OH excluding ortho intramolecular Hbond substituents is 1. The summed E-state index contributed by atoms with van der Waals surface area (Å²) in [7, 11) is 0. The Morgan fingerprint density at radius 2 is 1.63 bits per heavy atom. The molecule has 3 nitrogen and oxygen atoms in total. The maximum atomic E-state index is 11.7. The van der Waals surface area contributed by atoms with Crippen LogP contribution in [0.15, 0.2) is 54.6 Å². The van der Waals surface area contributed by atoms with Crippen LogP contribution in [0.25, 0.3) is 0 Å². The van der Waals surface area contributed by atoms with Crippen molar-refractivity contribution < 1.29 is 9.90 Å². The molecule has 0 fully saturated rings. The van der Waals surface area contributed by atoms with E-state index in [9.17, 15) is 4.79 Å². The second kappa shape index (κ2) is 6.59. The van der Waals surface area contributed by atoms with Gasteiger partial charge in [-0.1, -0.05) is 42.5 Å². The molecule has 2 aromatic rings. The number of amides is 1. The maximum absolute atomic E-state index is 11.7. The molecule has 0 radical (unpaired) electrons. The van der Waals surface area contributed by atoms with Crippen LogP contribution in [0, 0.1) is 0 Å². The SMILES string of the molecule is O=C(Cc1ccccc1)NCCc1ccc(O)cc1. The van der Waals surface area contributed by atoms with Crippen LogP contribution in [0.5, 0.6) is 5.75 Å². The number of carbonyl (C=O) groups is 1. The van der Waals surface area contributed by atoms with Gasteiger partial charge in [0.15, 0.2) is 0 Å². The summed E-state index contributed by atoms with van der Waals surface area (Å²) in [6.45, 7) is 0.608. The van der Waals surface area contributed by atoms with Gasteiger partial charge in [0, 0.05) is 6.54 Å². The second-order valence-corrected chi connectivity index (χ2v) is 4.43. The Morgan fingerprint density at radius 1 is 0.947 bits per heavy atom. The molecule has 0 bridgehead atoms. The Balaban J connectivity index is 1.74. The molecule has 98 valence electrons. The van der Waals surface area contributed by atoms with Gasteiger partial charge in [-0.25, -0.2) is 0 Å². The first kappa shape index (κ1) is 13.1. The molecule has 0 aliphatic heterocycles. The van der Waals surface area contributed by atoms with E-state index in [2.05, 4.69) is 5.32 Å². The minimum Gasteiger partial charge on any atom is -0.508 e. The zero-order chi connectivity index (χ0) is 13.5. The third-order valence-corrected chi connectivity index (χ3v) is 2.88. The van der Waals surface area contributed by atoms with E-state index in [0.717, 1.165) is 17.5 Å². The van der Waals surface area contributed by atoms with Crippen molar-refractivity contribution in [1.82, 2.24) is 5.32 Å². The van der Waals surface area contributed by atoms with Crippen molar-refractivity contribution in [3.8, 4) is 5.75 Å². The van der Waals surface area contributed by atoms with Gasteiger partial charge in [-0.15, -0.1) is 0 Å². The first-order valence-electron chi connectivity index (χ1n) is 6.32. The van der Waals surface area contributed by atoms with Gasteiger partial charge in [0.25, 0.3) is 0 Å². The normalized spacial score (nSPS) is 10.1. The predicted octanol–water partition coefficient (Wildman–Crippen LogP) is 2.29. The Kier molecular flexibility index (Phi) is 4.56. The Bertz CT molecular complexity index is 520. The standard InChI is InChI=1S/C16H17NO2/c18-15-8-6-13(7-9-15)10-11-17-16(19)12-14-4-2-1-3-5-14/h1-9,18H,10-12H2,(H,17,19). The van der Waals surface area contributed by atoms with Gasteiger partial charge >= 0.3 is 0 Å². The highest BCUT2D eigenvalue weighted by molar-refractivity contribution is 5.78. The van der Waals surface area contributed by atoms with E-state index in [-0.39, 0.29) is 11.7 Å². The van der Waals surface area contributed by atoms with E-state index in [1.54, 1.807) is 12.1 Å². The fourth-order valence-electron chi connectivity index (χ4n) is 1.85. The molecule has 0 atom stereocenters. The van der Waals surface area contributed by atoms with Crippen LogP contribution in [0.2, 0.25) is 0 Å². The largest absolute Gasteiger partial charge is 0.508 e. The molecule has 0 spiro atoms. The van der Waals surface area contributed by atoms with Gasteiger partial charge in [-0.05, 0) is 29.7 Å². The second-order valence-electron chi connectivity index (χ2n) is 4.43. The maximum Gasteiger partial charge on any atom is 0.224 e. The van der Waals surface area contributed by atoms with Gasteiger partial charge in [0.2, 0.25) is 5.91 Å². The van der Waals surface area contributed by atoms with Crippen LogP contribution in [0.1, 0.15) is 11.1 Å². The Morgan fingerprint density at radius 3 is 2.32 bits per heavy atom. The molecule has 1 amide bonds. The molecule has 0 saturated carbocycles. The first-order chi connectivity index (χ1) is 9.24. The number of hydrogen-bond donors (Lipinski definition) is 2. The highest BCUT2D eigenvalue weighted by atomic mass is 16.3. The number of hydrogen-bond acceptors (Lipinski definition) is 2. The molecule has 0 unspecified atom stereocenters. The number of phenols is 1. The molecule has 2 rings (SSSR count). The number of nitrogens with one attached hydrogen (secondary N) is 1. The lowest BCUT2D eigenvalue weighted by atomic mass is 10.1. The van der Waals surface area contributed by atoms with Crippen molar-refractivity contribution in [3.05, 3.63) is 65.7 Å². The van der Waals surface area contributed by atoms with Crippen molar-refractivity contribution in [1.29, 1.82) is 0 Å². The van der Waals surface area contributed by atoms with E-state index in [4.69, 9.17) is 5.11 Å². The summed E-state index contributed by atoms with van der Waals surface area (Å²) in [5, 5.41) is 12.1. The number of rotatable bonds is 5. The van der Waals surface area contributed by atoms with E-state index in [0.29, 0.717) is 13.0 Å². The quantitative estimate of drug-likeness (QED) is 0.861. The summed E-state index contributed by atoms with van der Waals surface area (Å²) < 4.78 is 0. The molecular weight excluding hydrogens is 238 g/mol. The van der Waals surface area contributed by atoms with E-state index < -0.39 is 0 Å². The van der Waals surface area contributed by atoms with Crippen LogP contribution in [-0.2, 0) is 17.6 Å². The summed E-state index contributed by atoms with van der Waals surface area (Å²) in [4.78, 5) is 11.7. The highest BCUT2D eigenvalue weighted by Gasteiger charge is 2.02. The number of carbonyl (C=O) groups excluding carboxylic acids is 1. The zero-order valence-electron chi connectivity index (χ0n) is 10.7. The third-order valence-electron chi connectivity index (χ3n) is 2.88. The van der Waals surface area contributed by atoms with Gasteiger partial charge in [0.1, 0.15) is 5.75 Å². The number of benzene rings is 2. The highest BCUT2D eigenvalue weighted by Crippen LogP contribution is 2.09. The minimum absolute atomic E-state index is 0.0324. The monoisotopic (exact) mass is 255 g/mol. The molecule has 3 heteroatoms. The fourth-order valence-corrected chi connectivity index (χ4v) is 1.85. The molecule has 0 aliphatic carbocycles. The van der Waals surface area contributed by atoms with Crippen LogP contribution < -0.4 is 5.32 Å². The van der Waals surface area contributed by atoms with Crippen molar-refractivity contribution >= 4 is 5.91 Å². The molecule has 0 aromatic heterocycles. The van der Waals surface area contributed by atoms with Gasteiger partial charge in [-0.2, -0.15) is 0 Å². The van der Waals surface area contributed by atoms with E-state index >= 15 is 0 Å². The lowest BCUT2D eigenvalue weighted by Crippen LogP contribution is -2.27. The number of aromatic hydroxyl groups is 1. The van der Waals surface area contributed by atoms with E-state index in [1.807, 2.05) is 42.5 Å². The van der Waals surface area contributed by atoms with Gasteiger partial charge in [0.05, 0.1) is 6.42 Å². The van der Waals surface area contributed by atoms with Crippen LogP contribution in [0.4, 0.5) is 0 Å². The summed E-state index contributed by atoms with van der Waals surface area (Å²) in [5.74, 6) is 0.293. The summed E-state index contributed by atoms with van der Waals surface area (Å²) in [5.41, 5.74) is 2.11. The van der Waals surface area contributed by atoms with Crippen molar-refractivity contribution in [2.45, 2.75) is 12.8 Å². The molecule has 2 N–H and O–H groups in total. The van der Waals surface area contributed by atoms with E-state index in [1.165, 1.54) is 0 Å². The molecular formula is C16H17NO2. The zero-order valence-corrected chi connectivity index (χ0v) is 10.7. The summed E-state index contributed by atoms with van der Waals surface area (Å²) in [6, 6.07) is 16.7. The average Bonchev–Trinajstić information content (AvgIpc) is 2.42. The smallest absolute Gasteiger partial charge is 0.224 e. The fraction of sp³-hybridized carbons (Fsp3) is 0.188. The van der Waals surface area contributed by atoms with Gasteiger partial charge in [-0.3, -0.25) is 4.79 Å². The lowest BCUT2D eigenvalue weighted by molar-refractivity contribution is -0.120. The molecule has 0 aliphatic rings. The van der Waals surface area contributed by atoms with Crippen molar-refractivity contribution in [2.75, 3.05) is 6.54 Å². The van der Waals surface area contributed by atoms with Gasteiger partial charge < -0.3 is 10.4 Å². The lowest BCUT2D eigenvalue weighted by Gasteiger charge is -2.05. The summed E-state index contributed by atoms with van der Waals surface area (Å²) >= 11 is 0. The topological polar surface area (TPSA) is 49.3 Å². The molecule has 0 saturated heterocycles. The predicted molar refractivity (Wildman–Crippen MR) is 75.0 cm³/mol. The van der Waals surface area contributed by atoms with Crippen molar-refractivity contribution in [2.24, 2.45) is 0 Å². The van der Waals surface area contributed by atoms with Crippen LogP contribution >= 0.6 is 0 Å².